The predicted molar refractivity (Wildman–Crippen MR) is 221 cm³/mol. The average molecular weight is 896 g/mol. The van der Waals surface area contributed by atoms with Gasteiger partial charge in [0.25, 0.3) is 0 Å². The zero-order valence-electron chi connectivity index (χ0n) is 33.8. The summed E-state index contributed by atoms with van der Waals surface area (Å²) in [6, 6.07) is 34.7. The fraction of sp³-hybridized carbons (Fsp3) is 0.375. The van der Waals surface area contributed by atoms with Crippen LogP contribution in [0.2, 0.25) is 0 Å². The molecule has 0 unspecified atom stereocenters. The molecular weight excluding hydrogens is 844 g/mol. The molecule has 280 valence electrons. The summed E-state index contributed by atoms with van der Waals surface area (Å²) in [6.45, 7) is 27.5. The Balaban J connectivity index is 0.00000450. The van der Waals surface area contributed by atoms with Crippen LogP contribution in [0.15, 0.2) is 84.0 Å². The van der Waals surface area contributed by atoms with Crippen LogP contribution >= 0.6 is 0 Å². The largest absolute Gasteiger partial charge is 2.00 e. The van der Waals surface area contributed by atoms with Gasteiger partial charge in [-0.25, -0.2) is 4.98 Å². The summed E-state index contributed by atoms with van der Waals surface area (Å²) in [5, 5.41) is 2.38. The van der Waals surface area contributed by atoms with Gasteiger partial charge in [-0.15, -0.1) is 40.8 Å². The Morgan fingerprint density at radius 1 is 0.833 bits per heavy atom. The predicted octanol–water partition coefficient (Wildman–Crippen LogP) is 12.2. The molecule has 0 spiro atoms. The van der Waals surface area contributed by atoms with E-state index >= 15 is 0 Å². The minimum absolute atomic E-state index is 0. The van der Waals surface area contributed by atoms with Crippen LogP contribution in [0.3, 0.4) is 0 Å². The van der Waals surface area contributed by atoms with Crippen LogP contribution in [0.1, 0.15) is 115 Å². The first-order valence-electron chi connectivity index (χ1n) is 19.1. The molecule has 0 fully saturated rings. The van der Waals surface area contributed by atoms with Gasteiger partial charge in [0.15, 0.2) is 0 Å². The first-order chi connectivity index (χ1) is 24.9. The quantitative estimate of drug-likeness (QED) is 0.166. The molecule has 0 amide bonds. The van der Waals surface area contributed by atoms with Crippen molar-refractivity contribution in [3.05, 3.63) is 125 Å². The van der Waals surface area contributed by atoms with Crippen molar-refractivity contribution in [3.63, 3.8) is 0 Å². The first-order valence-corrected chi connectivity index (χ1v) is 19.1. The van der Waals surface area contributed by atoms with E-state index in [0.29, 0.717) is 12.5 Å². The van der Waals surface area contributed by atoms with E-state index in [2.05, 4.69) is 177 Å². The summed E-state index contributed by atoms with van der Waals surface area (Å²) in [5.74, 6) is 1.85. The van der Waals surface area contributed by atoms with E-state index in [9.17, 15) is 0 Å². The third-order valence-electron chi connectivity index (χ3n) is 12.0. The van der Waals surface area contributed by atoms with Crippen LogP contribution in [-0.4, -0.2) is 27.6 Å². The van der Waals surface area contributed by atoms with E-state index in [1.54, 1.807) is 0 Å². The van der Waals surface area contributed by atoms with Crippen molar-refractivity contribution >= 4 is 44.8 Å². The Morgan fingerprint density at radius 3 is 2.26 bits per heavy atom. The van der Waals surface area contributed by atoms with Gasteiger partial charge in [0.2, 0.25) is 0 Å². The number of aliphatic imine (C=N–C) groups is 1. The molecule has 54 heavy (non-hydrogen) atoms. The van der Waals surface area contributed by atoms with Crippen LogP contribution in [0.25, 0.3) is 27.6 Å². The molecule has 5 nitrogen and oxygen atoms in total. The molecule has 0 saturated heterocycles. The van der Waals surface area contributed by atoms with Crippen molar-refractivity contribution in [2.45, 2.75) is 105 Å². The van der Waals surface area contributed by atoms with Crippen LogP contribution in [0.5, 0.6) is 0 Å². The molecule has 0 radical (unpaired) electrons. The Morgan fingerprint density at radius 2 is 1.57 bits per heavy atom. The van der Waals surface area contributed by atoms with E-state index in [4.69, 9.17) is 14.7 Å². The number of rotatable bonds is 4. The molecule has 0 bridgehead atoms. The van der Waals surface area contributed by atoms with Gasteiger partial charge in [0, 0.05) is 17.4 Å². The van der Waals surface area contributed by atoms with Gasteiger partial charge in [-0.1, -0.05) is 122 Å². The van der Waals surface area contributed by atoms with E-state index in [-0.39, 0.29) is 48.8 Å². The van der Waals surface area contributed by atoms with Gasteiger partial charge < -0.3 is 14.2 Å². The number of hydrogen-bond donors (Lipinski definition) is 0. The summed E-state index contributed by atoms with van der Waals surface area (Å²) in [6.07, 6.45) is 1.94. The molecule has 0 saturated carbocycles. The zero-order chi connectivity index (χ0) is 37.8. The normalized spacial score (nSPS) is 18.0. The van der Waals surface area contributed by atoms with Crippen molar-refractivity contribution in [2.75, 3.05) is 11.5 Å². The summed E-state index contributed by atoms with van der Waals surface area (Å²) in [5.41, 5.74) is 11.6. The molecule has 8 rings (SSSR count). The van der Waals surface area contributed by atoms with Gasteiger partial charge in [0.05, 0.1) is 5.54 Å². The molecule has 0 N–H and O–H groups in total. The number of aromatic nitrogens is 2. The fourth-order valence-corrected chi connectivity index (χ4v) is 7.87. The monoisotopic (exact) mass is 895 g/mol. The maximum atomic E-state index is 6.41. The fourth-order valence-electron chi connectivity index (χ4n) is 7.87. The van der Waals surface area contributed by atoms with Gasteiger partial charge in [0.1, 0.15) is 18.3 Å². The molecule has 2 aromatic heterocycles. The minimum Gasteiger partial charge on any atom is -0.518 e. The van der Waals surface area contributed by atoms with Crippen molar-refractivity contribution in [2.24, 2.45) is 10.4 Å². The number of para-hydroxylation sites is 1. The molecular formula is C48H52N4OPt. The summed E-state index contributed by atoms with van der Waals surface area (Å²) >= 11 is 0. The van der Waals surface area contributed by atoms with Crippen molar-refractivity contribution in [1.82, 2.24) is 9.55 Å². The van der Waals surface area contributed by atoms with Crippen LogP contribution in [0.4, 0.5) is 17.1 Å². The number of hydrogen-bond acceptors (Lipinski definition) is 4. The summed E-state index contributed by atoms with van der Waals surface area (Å²) in [4.78, 5) is 12.6. The van der Waals surface area contributed by atoms with Crippen LogP contribution in [-0.2, 0) is 36.6 Å². The van der Waals surface area contributed by atoms with Gasteiger partial charge in [-0.2, -0.15) is 6.07 Å². The summed E-state index contributed by atoms with van der Waals surface area (Å²) in [7, 11) is 0. The maximum absolute atomic E-state index is 6.41. The molecule has 4 aromatic carbocycles. The number of ether oxygens (including phenoxy) is 1. The second-order valence-electron chi connectivity index (χ2n) is 18.4. The summed E-state index contributed by atoms with van der Waals surface area (Å²) < 4.78 is 8.72. The van der Waals surface area contributed by atoms with Crippen LogP contribution < -0.4 is 4.90 Å². The van der Waals surface area contributed by atoms with Gasteiger partial charge in [-0.05, 0) is 82.5 Å². The maximum Gasteiger partial charge on any atom is 2.00 e. The van der Waals surface area contributed by atoms with Crippen molar-refractivity contribution < 1.29 is 25.8 Å². The Bertz CT molecular complexity index is 2470. The Kier molecular flexibility index (Phi) is 9.13. The number of fused-ring (bicyclic) bond motifs is 5. The molecule has 4 heterocycles. The Hall–Kier alpha value is -4.21. The Labute approximate surface area is 336 Å². The van der Waals surface area contributed by atoms with E-state index in [1.165, 1.54) is 38.6 Å². The second-order valence-corrected chi connectivity index (χ2v) is 18.4. The van der Waals surface area contributed by atoms with E-state index in [0.717, 1.165) is 39.5 Å². The van der Waals surface area contributed by atoms with Gasteiger partial charge in [-0.3, -0.25) is 4.99 Å². The third-order valence-corrected chi connectivity index (χ3v) is 12.0. The van der Waals surface area contributed by atoms with Gasteiger partial charge >= 0.3 is 21.1 Å². The number of anilines is 3. The van der Waals surface area contributed by atoms with Crippen LogP contribution in [0, 0.1) is 24.5 Å². The number of pyridine rings is 1. The molecule has 1 atom stereocenters. The minimum atomic E-state index is -0.331. The smallest absolute Gasteiger partial charge is 0.518 e. The first kappa shape index (κ1) is 38.1. The SMILES string of the molecule is Cc1ccc2c(c1)c1cc3c([c-]c1n2-c1cc(C(C)(C)C)ccn1)N(c1[c-]c(C2=N[C@](C)(C(C)(C)C)CO2)cc(C(C)C)c1)c1ccccc1C3(C)C.[Pt+2]. The standard InChI is InChI=1S/C48H52N4O.Pt/c1-29(2)31-22-32(44-50-48(12,28-53-44)46(7,8)9)24-34(23-31)51-40-16-14-13-15-37(40)47(10,11)38-26-36-35-21-30(3)17-18-39(35)52(41(36)27-42(38)51)43-25-33(19-20-49-43)45(4,5)6;/h13-23,25-26,29H,28H2,1-12H3;/q-2;+2/t48-;/m0./s1. The van der Waals surface area contributed by atoms with Crippen molar-refractivity contribution in [3.8, 4) is 5.82 Å². The van der Waals surface area contributed by atoms with E-state index < -0.39 is 0 Å². The topological polar surface area (TPSA) is 42.7 Å². The van der Waals surface area contributed by atoms with E-state index in [1.807, 2.05) is 6.20 Å². The number of benzene rings is 4. The molecule has 6 aromatic rings. The molecule has 2 aliphatic rings. The molecule has 2 aliphatic heterocycles. The number of nitrogens with zero attached hydrogens (tertiary/aromatic N) is 4. The third kappa shape index (κ3) is 6.02. The second kappa shape index (κ2) is 12.9. The number of aryl methyl sites for hydroxylation is 1. The molecule has 6 heteroatoms. The average Bonchev–Trinajstić information content (AvgIpc) is 3.66. The molecule has 0 aliphatic carbocycles. The van der Waals surface area contributed by atoms with Crippen molar-refractivity contribution in [1.29, 1.82) is 0 Å². The zero-order valence-corrected chi connectivity index (χ0v) is 36.1.